The van der Waals surface area contributed by atoms with Crippen LogP contribution in [-0.4, -0.2) is 18.5 Å². The van der Waals surface area contributed by atoms with Gasteiger partial charge in [0.2, 0.25) is 5.91 Å². The van der Waals surface area contributed by atoms with Crippen LogP contribution in [0.1, 0.15) is 23.1 Å². The number of carbonyl (C=O) groups excluding carboxylic acids is 1. The number of amides is 1. The number of nitrogens with two attached hydrogens (primary N) is 1. The fourth-order valence-corrected chi connectivity index (χ4v) is 2.92. The highest BCUT2D eigenvalue weighted by Gasteiger charge is 2.29. The first-order valence-corrected chi connectivity index (χ1v) is 7.67. The van der Waals surface area contributed by atoms with E-state index in [1.165, 1.54) is 12.1 Å². The van der Waals surface area contributed by atoms with Gasteiger partial charge in [0.15, 0.2) is 0 Å². The molecule has 0 bridgehead atoms. The molecule has 0 aromatic heterocycles. The number of nitrogens with one attached hydrogen (secondary N) is 1. The van der Waals surface area contributed by atoms with Crippen LogP contribution < -0.4 is 16.0 Å². The normalized spacial score (nSPS) is 16.9. The second kappa shape index (κ2) is 6.49. The molecule has 7 heteroatoms. The molecule has 0 unspecified atom stereocenters. The van der Waals surface area contributed by atoms with Crippen LogP contribution in [0.5, 0.6) is 0 Å². The highest BCUT2D eigenvalue weighted by Crippen LogP contribution is 2.40. The summed E-state index contributed by atoms with van der Waals surface area (Å²) in [7, 11) is 0. The minimum absolute atomic E-state index is 0.0514. The van der Waals surface area contributed by atoms with E-state index in [1.54, 1.807) is 23.1 Å². The zero-order chi connectivity index (χ0) is 18.1. The summed E-state index contributed by atoms with van der Waals surface area (Å²) < 4.78 is 26.8. The monoisotopic (exact) mass is 342 g/mol. The lowest BCUT2D eigenvalue weighted by molar-refractivity contribution is -0.117. The Morgan fingerprint density at radius 1 is 1.36 bits per heavy atom. The van der Waals surface area contributed by atoms with Crippen LogP contribution in [0.2, 0.25) is 0 Å². The molecule has 5 nitrogen and oxygen atoms in total. The molecule has 3 rings (SSSR count). The van der Waals surface area contributed by atoms with Crippen LogP contribution in [0, 0.1) is 18.3 Å². The van der Waals surface area contributed by atoms with E-state index in [-0.39, 0.29) is 17.8 Å². The second-order valence-corrected chi connectivity index (χ2v) is 5.92. The van der Waals surface area contributed by atoms with Crippen LogP contribution in [0.15, 0.2) is 36.4 Å². The largest absolute Gasteiger partial charge is 0.338 e. The number of aryl methyl sites for hydroxylation is 1. The number of nitrogens with zero attached hydrogens (tertiary/aromatic N) is 2. The number of anilines is 3. The van der Waals surface area contributed by atoms with Crippen molar-refractivity contribution >= 4 is 23.0 Å². The Hall–Kier alpha value is -2.98. The number of fused-ring (bicyclic) bond motifs is 1. The van der Waals surface area contributed by atoms with E-state index in [2.05, 4.69) is 11.4 Å². The minimum Gasteiger partial charge on any atom is -0.338 e. The molecule has 0 saturated heterocycles. The lowest BCUT2D eigenvalue weighted by atomic mass is 10.1. The Morgan fingerprint density at radius 2 is 2.12 bits per heavy atom. The topological polar surface area (TPSA) is 82.2 Å². The summed E-state index contributed by atoms with van der Waals surface area (Å²) in [5, 5.41) is 11.7. The molecule has 128 valence electrons. The third-order valence-corrected chi connectivity index (χ3v) is 4.07. The van der Waals surface area contributed by atoms with E-state index in [9.17, 15) is 18.8 Å². The quantitative estimate of drug-likeness (QED) is 0.878. The van der Waals surface area contributed by atoms with E-state index in [0.717, 1.165) is 5.56 Å². The van der Waals surface area contributed by atoms with Gasteiger partial charge in [0.1, 0.15) is 6.04 Å². The smallest absolute Gasteiger partial charge is 0.265 e. The Morgan fingerprint density at radius 3 is 2.80 bits per heavy atom. The molecule has 0 fully saturated rings. The summed E-state index contributed by atoms with van der Waals surface area (Å²) in [6, 6.07) is 10.8. The zero-order valence-corrected chi connectivity index (χ0v) is 13.5. The molecular weight excluding hydrogens is 326 g/mol. The third-order valence-electron chi connectivity index (χ3n) is 4.07. The minimum atomic E-state index is -2.74. The molecule has 2 aromatic rings. The molecule has 3 N–H and O–H groups in total. The van der Waals surface area contributed by atoms with E-state index in [4.69, 9.17) is 5.73 Å². The van der Waals surface area contributed by atoms with Crippen molar-refractivity contribution in [2.24, 2.45) is 5.73 Å². The molecule has 0 aliphatic carbocycles. The van der Waals surface area contributed by atoms with Crippen LogP contribution in [-0.2, 0) is 4.79 Å². The first-order chi connectivity index (χ1) is 11.9. The number of hydrogen-bond donors (Lipinski definition) is 2. The molecule has 1 aliphatic heterocycles. The maximum absolute atomic E-state index is 13.4. The number of rotatable bonds is 2. The van der Waals surface area contributed by atoms with Crippen molar-refractivity contribution < 1.29 is 13.6 Å². The number of nitriles is 1. The van der Waals surface area contributed by atoms with E-state index < -0.39 is 18.4 Å². The third kappa shape index (κ3) is 3.16. The van der Waals surface area contributed by atoms with Crippen molar-refractivity contribution in [3.8, 4) is 6.07 Å². The first-order valence-electron chi connectivity index (χ1n) is 7.67. The second-order valence-electron chi connectivity index (χ2n) is 5.92. The number of hydrogen-bond acceptors (Lipinski definition) is 4. The predicted molar refractivity (Wildman–Crippen MR) is 90.9 cm³/mol. The number of halogens is 2. The summed E-state index contributed by atoms with van der Waals surface area (Å²) in [4.78, 5) is 13.9. The van der Waals surface area contributed by atoms with Crippen LogP contribution >= 0.6 is 0 Å². The summed E-state index contributed by atoms with van der Waals surface area (Å²) in [6.07, 6.45) is -2.74. The number of para-hydroxylation sites is 1. The van der Waals surface area contributed by atoms with Gasteiger partial charge in [-0.3, -0.25) is 4.79 Å². The van der Waals surface area contributed by atoms with Gasteiger partial charge in [-0.15, -0.1) is 0 Å². The Kier molecular flexibility index (Phi) is 4.38. The molecular formula is C18H16F2N4O. The Balaban J connectivity index is 2.21. The molecule has 25 heavy (non-hydrogen) atoms. The molecule has 0 spiro atoms. The van der Waals surface area contributed by atoms with Gasteiger partial charge in [-0.1, -0.05) is 12.1 Å². The van der Waals surface area contributed by atoms with Gasteiger partial charge >= 0.3 is 0 Å². The Labute approximate surface area is 143 Å². The van der Waals surface area contributed by atoms with E-state index in [1.807, 2.05) is 13.0 Å². The SMILES string of the molecule is Cc1cc(C#N)cc(N2C[C@H](N)C(=O)Nc3c(C(F)F)cccc32)c1. The molecule has 2 aromatic carbocycles. The van der Waals surface area contributed by atoms with Crippen molar-refractivity contribution in [1.82, 2.24) is 0 Å². The van der Waals surface area contributed by atoms with Crippen molar-refractivity contribution in [2.45, 2.75) is 19.4 Å². The fraction of sp³-hybridized carbons (Fsp3) is 0.222. The highest BCUT2D eigenvalue weighted by atomic mass is 19.3. The van der Waals surface area contributed by atoms with Crippen LogP contribution in [0.3, 0.4) is 0 Å². The van der Waals surface area contributed by atoms with Gasteiger partial charge in [0, 0.05) is 17.8 Å². The van der Waals surface area contributed by atoms with E-state index >= 15 is 0 Å². The summed E-state index contributed by atoms with van der Waals surface area (Å²) in [5.41, 5.74) is 8.03. The van der Waals surface area contributed by atoms with Gasteiger partial charge in [-0.2, -0.15) is 5.26 Å². The van der Waals surface area contributed by atoms with Gasteiger partial charge < -0.3 is 16.0 Å². The number of carbonyl (C=O) groups is 1. The molecule has 1 amide bonds. The van der Waals surface area contributed by atoms with Crippen LogP contribution in [0.4, 0.5) is 25.8 Å². The van der Waals surface area contributed by atoms with Gasteiger partial charge in [0.05, 0.1) is 23.0 Å². The molecule has 0 radical (unpaired) electrons. The maximum atomic E-state index is 13.4. The van der Waals surface area contributed by atoms with Gasteiger partial charge in [-0.05, 0) is 36.8 Å². The van der Waals surface area contributed by atoms with Gasteiger partial charge in [0.25, 0.3) is 6.43 Å². The van der Waals surface area contributed by atoms with Gasteiger partial charge in [-0.25, -0.2) is 8.78 Å². The number of benzene rings is 2. The average Bonchev–Trinajstić information content (AvgIpc) is 2.70. The average molecular weight is 342 g/mol. The van der Waals surface area contributed by atoms with Crippen LogP contribution in [0.25, 0.3) is 0 Å². The van der Waals surface area contributed by atoms with Crippen molar-refractivity contribution in [1.29, 1.82) is 5.26 Å². The highest BCUT2D eigenvalue weighted by molar-refractivity contribution is 6.01. The summed E-state index contributed by atoms with van der Waals surface area (Å²) >= 11 is 0. The summed E-state index contributed by atoms with van der Waals surface area (Å²) in [6.45, 7) is 1.95. The van der Waals surface area contributed by atoms with Crippen molar-refractivity contribution in [2.75, 3.05) is 16.8 Å². The molecule has 1 heterocycles. The zero-order valence-electron chi connectivity index (χ0n) is 13.5. The predicted octanol–water partition coefficient (Wildman–Crippen LogP) is 3.22. The summed E-state index contributed by atoms with van der Waals surface area (Å²) in [5.74, 6) is -0.523. The lowest BCUT2D eigenvalue weighted by Crippen LogP contribution is -2.41. The van der Waals surface area contributed by atoms with Crippen molar-refractivity contribution in [3.05, 3.63) is 53.1 Å². The first kappa shape index (κ1) is 16.9. The molecule has 1 aliphatic rings. The van der Waals surface area contributed by atoms with Crippen molar-refractivity contribution in [3.63, 3.8) is 0 Å². The maximum Gasteiger partial charge on any atom is 0.265 e. The lowest BCUT2D eigenvalue weighted by Gasteiger charge is -2.27. The standard InChI is InChI=1S/C18H16F2N4O/c1-10-5-11(8-21)7-12(6-10)24-9-14(22)18(25)23-16-13(17(19)20)3-2-4-15(16)24/h2-7,14,17H,9,22H2,1H3,(H,23,25)/t14-/m0/s1. The Bertz CT molecular complexity index is 876. The van der Waals surface area contributed by atoms with E-state index in [0.29, 0.717) is 16.9 Å². The fourth-order valence-electron chi connectivity index (χ4n) is 2.92. The molecule has 1 atom stereocenters. The molecule has 0 saturated carbocycles. The number of alkyl halides is 2.